The zero-order chi connectivity index (χ0) is 12.4. The number of rotatable bonds is 3. The lowest BCUT2D eigenvalue weighted by Crippen LogP contribution is -2.26. The molecule has 0 aromatic heterocycles. The first-order valence-electron chi connectivity index (χ1n) is 6.15. The fourth-order valence-electron chi connectivity index (χ4n) is 2.38. The van der Waals surface area contributed by atoms with Crippen molar-refractivity contribution in [3.8, 4) is 5.75 Å². The molecule has 3 heteroatoms. The molecule has 1 unspecified atom stereocenters. The Hall–Kier alpha value is -1.35. The first-order chi connectivity index (χ1) is 8.08. The van der Waals surface area contributed by atoms with Gasteiger partial charge in [-0.25, -0.2) is 0 Å². The summed E-state index contributed by atoms with van der Waals surface area (Å²) in [5.41, 5.74) is 1.52. The summed E-state index contributed by atoms with van der Waals surface area (Å²) in [7, 11) is 0. The molecular formula is C14H19NO2. The predicted molar refractivity (Wildman–Crippen MR) is 67.2 cm³/mol. The van der Waals surface area contributed by atoms with E-state index >= 15 is 0 Å². The molecule has 92 valence electrons. The SMILES string of the molecule is CC(=O)c1ccc(O)c(CN2CCCC2C)c1. The van der Waals surface area contributed by atoms with Crippen LogP contribution in [-0.2, 0) is 6.54 Å². The van der Waals surface area contributed by atoms with Gasteiger partial charge in [0.2, 0.25) is 0 Å². The number of likely N-dealkylation sites (tertiary alicyclic amines) is 1. The highest BCUT2D eigenvalue weighted by Crippen LogP contribution is 2.25. The van der Waals surface area contributed by atoms with Gasteiger partial charge in [-0.1, -0.05) is 0 Å². The van der Waals surface area contributed by atoms with Crippen molar-refractivity contribution in [2.24, 2.45) is 0 Å². The first-order valence-corrected chi connectivity index (χ1v) is 6.15. The summed E-state index contributed by atoms with van der Waals surface area (Å²) in [4.78, 5) is 13.7. The van der Waals surface area contributed by atoms with Gasteiger partial charge in [0.1, 0.15) is 5.75 Å². The van der Waals surface area contributed by atoms with Crippen LogP contribution >= 0.6 is 0 Å². The Balaban J connectivity index is 2.19. The molecular weight excluding hydrogens is 214 g/mol. The van der Waals surface area contributed by atoms with E-state index in [1.807, 2.05) is 6.07 Å². The summed E-state index contributed by atoms with van der Waals surface area (Å²) in [5, 5.41) is 9.83. The van der Waals surface area contributed by atoms with Gasteiger partial charge in [0.25, 0.3) is 0 Å². The Kier molecular flexibility index (Phi) is 3.48. The van der Waals surface area contributed by atoms with Gasteiger partial charge in [-0.3, -0.25) is 9.69 Å². The zero-order valence-electron chi connectivity index (χ0n) is 10.4. The third-order valence-electron chi connectivity index (χ3n) is 3.55. The number of benzene rings is 1. The van der Waals surface area contributed by atoms with Crippen molar-refractivity contribution in [1.82, 2.24) is 4.90 Å². The highest BCUT2D eigenvalue weighted by molar-refractivity contribution is 5.94. The summed E-state index contributed by atoms with van der Waals surface area (Å²) >= 11 is 0. The summed E-state index contributed by atoms with van der Waals surface area (Å²) in [6.45, 7) is 5.56. The van der Waals surface area contributed by atoms with Gasteiger partial charge in [-0.15, -0.1) is 0 Å². The first kappa shape index (κ1) is 12.1. The molecule has 0 bridgehead atoms. The number of hydrogen-bond donors (Lipinski definition) is 1. The molecule has 1 fully saturated rings. The summed E-state index contributed by atoms with van der Waals surface area (Å²) in [5.74, 6) is 0.329. The van der Waals surface area contributed by atoms with Gasteiger partial charge < -0.3 is 5.11 Å². The minimum absolute atomic E-state index is 0.0423. The summed E-state index contributed by atoms with van der Waals surface area (Å²) in [6.07, 6.45) is 2.43. The van der Waals surface area contributed by atoms with Crippen LogP contribution in [0, 0.1) is 0 Å². The molecule has 1 aromatic rings. The second-order valence-corrected chi connectivity index (χ2v) is 4.86. The van der Waals surface area contributed by atoms with Gasteiger partial charge >= 0.3 is 0 Å². The molecule has 1 N–H and O–H groups in total. The van der Waals surface area contributed by atoms with Crippen LogP contribution in [-0.4, -0.2) is 28.4 Å². The van der Waals surface area contributed by atoms with E-state index in [0.717, 1.165) is 18.7 Å². The van der Waals surface area contributed by atoms with Crippen molar-refractivity contribution in [3.63, 3.8) is 0 Å². The van der Waals surface area contributed by atoms with E-state index in [-0.39, 0.29) is 11.5 Å². The Morgan fingerprint density at radius 3 is 2.88 bits per heavy atom. The van der Waals surface area contributed by atoms with E-state index in [2.05, 4.69) is 11.8 Å². The van der Waals surface area contributed by atoms with E-state index in [1.165, 1.54) is 12.8 Å². The van der Waals surface area contributed by atoms with Crippen molar-refractivity contribution in [1.29, 1.82) is 0 Å². The van der Waals surface area contributed by atoms with Crippen LogP contribution in [0.4, 0.5) is 0 Å². The standard InChI is InChI=1S/C14H19NO2/c1-10-4-3-7-15(10)9-13-8-12(11(2)16)5-6-14(13)17/h5-6,8,10,17H,3-4,7,9H2,1-2H3. The molecule has 1 heterocycles. The van der Waals surface area contributed by atoms with Crippen molar-refractivity contribution in [2.75, 3.05) is 6.54 Å². The summed E-state index contributed by atoms with van der Waals surface area (Å²) in [6, 6.07) is 5.67. The lowest BCUT2D eigenvalue weighted by molar-refractivity contribution is 0.101. The highest BCUT2D eigenvalue weighted by Gasteiger charge is 2.21. The Morgan fingerprint density at radius 1 is 1.53 bits per heavy atom. The van der Waals surface area contributed by atoms with Crippen molar-refractivity contribution in [3.05, 3.63) is 29.3 Å². The predicted octanol–water partition coefficient (Wildman–Crippen LogP) is 2.58. The minimum Gasteiger partial charge on any atom is -0.508 e. The van der Waals surface area contributed by atoms with Crippen LogP contribution in [0.5, 0.6) is 5.75 Å². The third-order valence-corrected chi connectivity index (χ3v) is 3.55. The largest absolute Gasteiger partial charge is 0.508 e. The van der Waals surface area contributed by atoms with Crippen molar-refractivity contribution < 1.29 is 9.90 Å². The van der Waals surface area contributed by atoms with Crippen LogP contribution < -0.4 is 0 Å². The third kappa shape index (κ3) is 2.67. The van der Waals surface area contributed by atoms with Gasteiger partial charge in [0.05, 0.1) is 0 Å². The smallest absolute Gasteiger partial charge is 0.159 e. The van der Waals surface area contributed by atoms with E-state index in [4.69, 9.17) is 0 Å². The Morgan fingerprint density at radius 2 is 2.29 bits per heavy atom. The zero-order valence-corrected chi connectivity index (χ0v) is 10.4. The Labute approximate surface area is 102 Å². The van der Waals surface area contributed by atoms with Crippen LogP contribution in [0.3, 0.4) is 0 Å². The van der Waals surface area contributed by atoms with Crippen LogP contribution in [0.15, 0.2) is 18.2 Å². The molecule has 0 amide bonds. The van der Waals surface area contributed by atoms with Gasteiger partial charge in [0, 0.05) is 23.7 Å². The van der Waals surface area contributed by atoms with Crippen LogP contribution in [0.2, 0.25) is 0 Å². The molecule has 0 aliphatic carbocycles. The maximum absolute atomic E-state index is 11.3. The van der Waals surface area contributed by atoms with Crippen molar-refractivity contribution >= 4 is 5.78 Å². The van der Waals surface area contributed by atoms with Crippen molar-refractivity contribution in [2.45, 2.75) is 39.3 Å². The minimum atomic E-state index is 0.0423. The fourth-order valence-corrected chi connectivity index (χ4v) is 2.38. The average Bonchev–Trinajstić information content (AvgIpc) is 2.67. The second-order valence-electron chi connectivity index (χ2n) is 4.86. The Bertz CT molecular complexity index is 428. The number of phenols is 1. The number of ketones is 1. The number of carbonyl (C=O) groups is 1. The molecule has 1 aromatic carbocycles. The fraction of sp³-hybridized carbons (Fsp3) is 0.500. The normalized spacial score (nSPS) is 20.7. The lowest BCUT2D eigenvalue weighted by Gasteiger charge is -2.21. The summed E-state index contributed by atoms with van der Waals surface area (Å²) < 4.78 is 0. The van der Waals surface area contributed by atoms with E-state index in [9.17, 15) is 9.90 Å². The molecule has 1 aliphatic heterocycles. The quantitative estimate of drug-likeness (QED) is 0.816. The number of phenolic OH excluding ortho intramolecular Hbond substituents is 1. The van der Waals surface area contributed by atoms with E-state index in [0.29, 0.717) is 11.6 Å². The average molecular weight is 233 g/mol. The maximum Gasteiger partial charge on any atom is 0.159 e. The molecule has 1 saturated heterocycles. The molecule has 3 nitrogen and oxygen atoms in total. The molecule has 2 rings (SSSR count). The van der Waals surface area contributed by atoms with Gasteiger partial charge in [-0.05, 0) is 51.4 Å². The van der Waals surface area contributed by atoms with E-state index in [1.54, 1.807) is 19.1 Å². The number of hydrogen-bond acceptors (Lipinski definition) is 3. The number of Topliss-reactive ketones (excluding diaryl/α,β-unsaturated/α-hetero) is 1. The molecule has 0 radical (unpaired) electrons. The molecule has 0 spiro atoms. The maximum atomic E-state index is 11.3. The molecule has 1 atom stereocenters. The van der Waals surface area contributed by atoms with Gasteiger partial charge in [-0.2, -0.15) is 0 Å². The van der Waals surface area contributed by atoms with Crippen LogP contribution in [0.25, 0.3) is 0 Å². The monoisotopic (exact) mass is 233 g/mol. The lowest BCUT2D eigenvalue weighted by atomic mass is 10.1. The number of carbonyl (C=O) groups excluding carboxylic acids is 1. The highest BCUT2D eigenvalue weighted by atomic mass is 16.3. The topological polar surface area (TPSA) is 40.5 Å². The number of nitrogens with zero attached hydrogens (tertiary/aromatic N) is 1. The molecule has 1 aliphatic rings. The number of aromatic hydroxyl groups is 1. The van der Waals surface area contributed by atoms with Gasteiger partial charge in [0.15, 0.2) is 5.78 Å². The molecule has 17 heavy (non-hydrogen) atoms. The van der Waals surface area contributed by atoms with E-state index < -0.39 is 0 Å². The second kappa shape index (κ2) is 4.88. The molecule has 0 saturated carbocycles. The van der Waals surface area contributed by atoms with Crippen LogP contribution in [0.1, 0.15) is 42.6 Å².